The van der Waals surface area contributed by atoms with Crippen molar-refractivity contribution in [2.45, 2.75) is 12.5 Å². The Bertz CT molecular complexity index is 529. The lowest BCUT2D eigenvalue weighted by molar-refractivity contribution is -0.138. The molecule has 3 N–H and O–H groups in total. The van der Waals surface area contributed by atoms with E-state index in [1.54, 1.807) is 6.20 Å². The van der Waals surface area contributed by atoms with Gasteiger partial charge in [-0.15, -0.1) is 24.8 Å². The summed E-state index contributed by atoms with van der Waals surface area (Å²) in [4.78, 5) is 14.9. The maximum Gasteiger partial charge on any atom is 0.320 e. The first-order valence-corrected chi connectivity index (χ1v) is 4.99. The molecular weight excluding hydrogens is 275 g/mol. The van der Waals surface area contributed by atoms with Crippen LogP contribution in [0.3, 0.4) is 0 Å². The van der Waals surface area contributed by atoms with Crippen LogP contribution >= 0.6 is 24.8 Å². The van der Waals surface area contributed by atoms with E-state index < -0.39 is 12.0 Å². The van der Waals surface area contributed by atoms with Gasteiger partial charge in [0.1, 0.15) is 6.04 Å². The first kappa shape index (κ1) is 16.6. The van der Waals surface area contributed by atoms with Crippen LogP contribution in [0, 0.1) is 0 Å². The van der Waals surface area contributed by atoms with Gasteiger partial charge in [-0.25, -0.2) is 0 Å². The third-order valence-corrected chi connectivity index (χ3v) is 2.50. The molecule has 2 rings (SSSR count). The van der Waals surface area contributed by atoms with Crippen LogP contribution in [0.4, 0.5) is 0 Å². The number of pyridine rings is 1. The van der Waals surface area contributed by atoms with E-state index in [-0.39, 0.29) is 24.8 Å². The highest BCUT2D eigenvalue weighted by Crippen LogP contribution is 2.17. The van der Waals surface area contributed by atoms with Crippen molar-refractivity contribution in [2.24, 2.45) is 5.73 Å². The van der Waals surface area contributed by atoms with Gasteiger partial charge in [0.2, 0.25) is 0 Å². The maximum atomic E-state index is 10.7. The molecule has 0 aliphatic heterocycles. The van der Waals surface area contributed by atoms with Gasteiger partial charge in [-0.05, 0) is 24.1 Å². The average Bonchev–Trinajstić information content (AvgIpc) is 2.29. The molecule has 18 heavy (non-hydrogen) atoms. The van der Waals surface area contributed by atoms with Crippen molar-refractivity contribution < 1.29 is 9.90 Å². The lowest BCUT2D eigenvalue weighted by atomic mass is 10.0. The molecule has 1 atom stereocenters. The number of aromatic nitrogens is 1. The molecule has 0 fully saturated rings. The molecule has 4 nitrogen and oxygen atoms in total. The molecule has 0 amide bonds. The summed E-state index contributed by atoms with van der Waals surface area (Å²) in [5.41, 5.74) is 7.30. The quantitative estimate of drug-likeness (QED) is 0.906. The summed E-state index contributed by atoms with van der Waals surface area (Å²) in [5.74, 6) is -0.985. The molecule has 0 spiro atoms. The number of carboxylic acid groups (broad SMARTS) is 1. The third kappa shape index (κ3) is 3.57. The van der Waals surface area contributed by atoms with Crippen LogP contribution in [0.25, 0.3) is 10.9 Å². The number of fused-ring (bicyclic) bond motifs is 1. The second-order valence-corrected chi connectivity index (χ2v) is 3.64. The molecule has 1 aromatic heterocycles. The van der Waals surface area contributed by atoms with Gasteiger partial charge in [0.05, 0.1) is 5.52 Å². The van der Waals surface area contributed by atoms with E-state index in [9.17, 15) is 4.79 Å². The molecule has 0 radical (unpaired) electrons. The largest absolute Gasteiger partial charge is 0.480 e. The van der Waals surface area contributed by atoms with Crippen molar-refractivity contribution in [1.82, 2.24) is 4.98 Å². The van der Waals surface area contributed by atoms with Crippen molar-refractivity contribution >= 4 is 41.7 Å². The van der Waals surface area contributed by atoms with Gasteiger partial charge in [-0.1, -0.05) is 18.2 Å². The molecule has 98 valence electrons. The number of carbonyl (C=O) groups is 1. The summed E-state index contributed by atoms with van der Waals surface area (Å²) in [7, 11) is 0. The molecule has 6 heteroatoms. The SMILES string of the molecule is Cl.Cl.N[C@H](Cc1ccnc2ccccc12)C(=O)O. The monoisotopic (exact) mass is 288 g/mol. The Balaban J connectivity index is 0.00000144. The highest BCUT2D eigenvalue weighted by atomic mass is 35.5. The second kappa shape index (κ2) is 7.16. The van der Waals surface area contributed by atoms with Crippen molar-refractivity contribution in [3.63, 3.8) is 0 Å². The number of benzene rings is 1. The number of carboxylic acids is 1. The highest BCUT2D eigenvalue weighted by Gasteiger charge is 2.13. The van der Waals surface area contributed by atoms with Crippen molar-refractivity contribution in [3.8, 4) is 0 Å². The van der Waals surface area contributed by atoms with Crippen LogP contribution in [0.2, 0.25) is 0 Å². The predicted molar refractivity (Wildman–Crippen MR) is 75.6 cm³/mol. The lowest BCUT2D eigenvalue weighted by Crippen LogP contribution is -2.32. The van der Waals surface area contributed by atoms with E-state index in [0.29, 0.717) is 6.42 Å². The van der Waals surface area contributed by atoms with Crippen LogP contribution in [-0.2, 0) is 11.2 Å². The zero-order valence-corrected chi connectivity index (χ0v) is 11.1. The van der Waals surface area contributed by atoms with E-state index in [0.717, 1.165) is 16.5 Å². The number of nitrogens with two attached hydrogens (primary N) is 1. The topological polar surface area (TPSA) is 76.2 Å². The lowest BCUT2D eigenvalue weighted by Gasteiger charge is -2.08. The predicted octanol–water partition coefficient (Wildman–Crippen LogP) is 2.03. The number of halogens is 2. The summed E-state index contributed by atoms with van der Waals surface area (Å²) < 4.78 is 0. The molecule has 0 saturated heterocycles. The molecule has 0 aliphatic carbocycles. The highest BCUT2D eigenvalue weighted by molar-refractivity contribution is 5.85. The number of aliphatic carboxylic acids is 1. The number of para-hydroxylation sites is 1. The molecule has 0 saturated carbocycles. The fraction of sp³-hybridized carbons (Fsp3) is 0.167. The zero-order chi connectivity index (χ0) is 11.5. The minimum absolute atomic E-state index is 0. The Kier molecular flexibility index (Phi) is 6.62. The van der Waals surface area contributed by atoms with Crippen LogP contribution in [-0.4, -0.2) is 22.1 Å². The van der Waals surface area contributed by atoms with E-state index in [1.165, 1.54) is 0 Å². The molecule has 1 aromatic carbocycles. The fourth-order valence-corrected chi connectivity index (χ4v) is 1.66. The Morgan fingerprint density at radius 1 is 1.28 bits per heavy atom. The summed E-state index contributed by atoms with van der Waals surface area (Å²) >= 11 is 0. The molecule has 0 aliphatic rings. The summed E-state index contributed by atoms with van der Waals surface area (Å²) in [6.45, 7) is 0. The van der Waals surface area contributed by atoms with E-state index >= 15 is 0 Å². The fourth-order valence-electron chi connectivity index (χ4n) is 1.66. The molecule has 1 heterocycles. The molecule has 0 bridgehead atoms. The Morgan fingerprint density at radius 2 is 1.94 bits per heavy atom. The number of nitrogens with zero attached hydrogens (tertiary/aromatic N) is 1. The summed E-state index contributed by atoms with van der Waals surface area (Å²) in [5, 5.41) is 9.73. The van der Waals surface area contributed by atoms with Crippen LogP contribution < -0.4 is 5.73 Å². The standard InChI is InChI=1S/C12H12N2O2.2ClH/c13-10(12(15)16)7-8-5-6-14-11-4-2-1-3-9(8)11;;/h1-6,10H,7,13H2,(H,15,16);2*1H/t10-;;/m1../s1. The van der Waals surface area contributed by atoms with Gasteiger partial charge >= 0.3 is 5.97 Å². The van der Waals surface area contributed by atoms with Gasteiger partial charge in [0.25, 0.3) is 0 Å². The van der Waals surface area contributed by atoms with Crippen LogP contribution in [0.1, 0.15) is 5.56 Å². The number of hydrogen-bond acceptors (Lipinski definition) is 3. The Labute approximate surface area is 117 Å². The van der Waals surface area contributed by atoms with E-state index in [1.807, 2.05) is 30.3 Å². The van der Waals surface area contributed by atoms with Crippen molar-refractivity contribution in [3.05, 3.63) is 42.1 Å². The van der Waals surface area contributed by atoms with Gasteiger partial charge in [-0.2, -0.15) is 0 Å². The van der Waals surface area contributed by atoms with Crippen molar-refractivity contribution in [1.29, 1.82) is 0 Å². The maximum absolute atomic E-state index is 10.7. The summed E-state index contributed by atoms with van der Waals surface area (Å²) in [6, 6.07) is 8.56. The zero-order valence-electron chi connectivity index (χ0n) is 9.45. The Hall–Kier alpha value is -1.36. The average molecular weight is 289 g/mol. The minimum atomic E-state index is -0.985. The van der Waals surface area contributed by atoms with Gasteiger partial charge in [0, 0.05) is 11.6 Å². The molecular formula is C12H14Cl2N2O2. The van der Waals surface area contributed by atoms with Gasteiger partial charge < -0.3 is 10.8 Å². The van der Waals surface area contributed by atoms with Crippen molar-refractivity contribution in [2.75, 3.05) is 0 Å². The normalized spacial score (nSPS) is 11.2. The van der Waals surface area contributed by atoms with Gasteiger partial charge in [0.15, 0.2) is 0 Å². The second-order valence-electron chi connectivity index (χ2n) is 3.64. The first-order valence-electron chi connectivity index (χ1n) is 4.99. The first-order chi connectivity index (χ1) is 7.68. The Morgan fingerprint density at radius 3 is 2.61 bits per heavy atom. The number of hydrogen-bond donors (Lipinski definition) is 2. The summed E-state index contributed by atoms with van der Waals surface area (Å²) in [6.07, 6.45) is 1.99. The number of rotatable bonds is 3. The smallest absolute Gasteiger partial charge is 0.320 e. The van der Waals surface area contributed by atoms with Crippen LogP contribution in [0.5, 0.6) is 0 Å². The van der Waals surface area contributed by atoms with E-state index in [2.05, 4.69) is 4.98 Å². The van der Waals surface area contributed by atoms with Gasteiger partial charge in [-0.3, -0.25) is 9.78 Å². The molecule has 2 aromatic rings. The van der Waals surface area contributed by atoms with E-state index in [4.69, 9.17) is 10.8 Å². The van der Waals surface area contributed by atoms with Crippen LogP contribution in [0.15, 0.2) is 36.5 Å². The minimum Gasteiger partial charge on any atom is -0.480 e. The molecule has 0 unspecified atom stereocenters. The third-order valence-electron chi connectivity index (χ3n) is 2.50.